The van der Waals surface area contributed by atoms with Crippen LogP contribution < -0.4 is 5.32 Å². The number of carbonyl (C=O) groups is 2. The van der Waals surface area contributed by atoms with E-state index in [1.165, 1.54) is 20.2 Å². The highest BCUT2D eigenvalue weighted by Crippen LogP contribution is 2.12. The summed E-state index contributed by atoms with van der Waals surface area (Å²) in [5, 5.41) is 2.49. The van der Waals surface area contributed by atoms with Gasteiger partial charge < -0.3 is 10.1 Å². The van der Waals surface area contributed by atoms with E-state index in [4.69, 9.17) is 0 Å². The maximum absolute atomic E-state index is 11.4. The van der Waals surface area contributed by atoms with Crippen molar-refractivity contribution in [1.82, 2.24) is 10.3 Å². The van der Waals surface area contributed by atoms with Crippen LogP contribution in [0.1, 0.15) is 18.5 Å². The topological polar surface area (TPSA) is 68.3 Å². The fraction of sp³-hybridized carbons (Fsp3) is 0.300. The molecule has 0 aromatic carbocycles. The SMILES string of the molecule is COC(=O)C(NC(C)=O)c1cccnc1. The predicted octanol–water partition coefficient (Wildman–Crippen LogP) is 0.432. The molecule has 1 amide bonds. The molecule has 0 aliphatic carbocycles. The van der Waals surface area contributed by atoms with Crippen molar-refractivity contribution >= 4 is 11.9 Å². The zero-order valence-corrected chi connectivity index (χ0v) is 8.56. The molecule has 1 atom stereocenters. The standard InChI is InChI=1S/C10H12N2O3/c1-7(13)12-9(10(14)15-2)8-4-3-5-11-6-8/h3-6,9H,1-2H3,(H,12,13). The molecule has 0 bridgehead atoms. The summed E-state index contributed by atoms with van der Waals surface area (Å²) in [4.78, 5) is 26.2. The molecule has 15 heavy (non-hydrogen) atoms. The largest absolute Gasteiger partial charge is 0.467 e. The Kier molecular flexibility index (Phi) is 3.79. The highest BCUT2D eigenvalue weighted by Gasteiger charge is 2.21. The monoisotopic (exact) mass is 208 g/mol. The van der Waals surface area contributed by atoms with Crippen molar-refractivity contribution in [2.75, 3.05) is 7.11 Å². The molecule has 80 valence electrons. The first-order valence-electron chi connectivity index (χ1n) is 4.40. The van der Waals surface area contributed by atoms with Gasteiger partial charge >= 0.3 is 5.97 Å². The second-order valence-corrected chi connectivity index (χ2v) is 2.94. The molecule has 0 fully saturated rings. The molecule has 0 aliphatic rings. The van der Waals surface area contributed by atoms with Crippen LogP contribution in [-0.2, 0) is 14.3 Å². The smallest absolute Gasteiger partial charge is 0.333 e. The molecule has 1 aromatic heterocycles. The lowest BCUT2D eigenvalue weighted by Crippen LogP contribution is -2.32. The van der Waals surface area contributed by atoms with Crippen molar-refractivity contribution in [3.8, 4) is 0 Å². The van der Waals surface area contributed by atoms with Crippen LogP contribution in [0.3, 0.4) is 0 Å². The first kappa shape index (κ1) is 11.2. The van der Waals surface area contributed by atoms with Crippen LogP contribution in [0.4, 0.5) is 0 Å². The number of carbonyl (C=O) groups excluding carboxylic acids is 2. The van der Waals surface area contributed by atoms with Crippen LogP contribution >= 0.6 is 0 Å². The molecule has 1 heterocycles. The maximum Gasteiger partial charge on any atom is 0.333 e. The molecular weight excluding hydrogens is 196 g/mol. The number of hydrogen-bond acceptors (Lipinski definition) is 4. The number of amides is 1. The van der Waals surface area contributed by atoms with E-state index in [0.29, 0.717) is 5.56 Å². The summed E-state index contributed by atoms with van der Waals surface area (Å²) >= 11 is 0. The summed E-state index contributed by atoms with van der Waals surface area (Å²) in [6, 6.07) is 2.60. The van der Waals surface area contributed by atoms with Gasteiger partial charge in [0.2, 0.25) is 5.91 Å². The van der Waals surface area contributed by atoms with Gasteiger partial charge in [0.25, 0.3) is 0 Å². The van der Waals surface area contributed by atoms with Gasteiger partial charge in [0.1, 0.15) is 0 Å². The van der Waals surface area contributed by atoms with E-state index < -0.39 is 12.0 Å². The van der Waals surface area contributed by atoms with Crippen LogP contribution in [0.15, 0.2) is 24.5 Å². The van der Waals surface area contributed by atoms with Gasteiger partial charge in [-0.05, 0) is 6.07 Å². The molecule has 0 saturated carbocycles. The second kappa shape index (κ2) is 5.09. The zero-order valence-electron chi connectivity index (χ0n) is 8.56. The van der Waals surface area contributed by atoms with E-state index in [0.717, 1.165) is 0 Å². The molecule has 1 rings (SSSR count). The van der Waals surface area contributed by atoms with E-state index in [1.54, 1.807) is 18.3 Å². The minimum absolute atomic E-state index is 0.297. The Hall–Kier alpha value is -1.91. The average Bonchev–Trinajstić information content (AvgIpc) is 2.26. The lowest BCUT2D eigenvalue weighted by Gasteiger charge is -2.14. The fourth-order valence-electron chi connectivity index (χ4n) is 1.15. The molecule has 0 saturated heterocycles. The van der Waals surface area contributed by atoms with Crippen molar-refractivity contribution in [3.05, 3.63) is 30.1 Å². The molecular formula is C10H12N2O3. The van der Waals surface area contributed by atoms with Crippen molar-refractivity contribution in [3.63, 3.8) is 0 Å². The molecule has 0 radical (unpaired) electrons. The van der Waals surface area contributed by atoms with Crippen LogP contribution in [-0.4, -0.2) is 24.0 Å². The van der Waals surface area contributed by atoms with Crippen molar-refractivity contribution in [1.29, 1.82) is 0 Å². The first-order valence-corrected chi connectivity index (χ1v) is 4.40. The lowest BCUT2D eigenvalue weighted by molar-refractivity contribution is -0.145. The van der Waals surface area contributed by atoms with Crippen LogP contribution in [0.2, 0.25) is 0 Å². The second-order valence-electron chi connectivity index (χ2n) is 2.94. The number of esters is 1. The van der Waals surface area contributed by atoms with Crippen LogP contribution in [0.5, 0.6) is 0 Å². The van der Waals surface area contributed by atoms with Gasteiger partial charge in [-0.3, -0.25) is 9.78 Å². The summed E-state index contributed by atoms with van der Waals surface area (Å²) in [5.74, 6) is -0.813. The number of rotatable bonds is 3. The Morgan fingerprint density at radius 3 is 2.73 bits per heavy atom. The third kappa shape index (κ3) is 3.05. The number of aromatic nitrogens is 1. The highest BCUT2D eigenvalue weighted by molar-refractivity contribution is 5.84. The van der Waals surface area contributed by atoms with Gasteiger partial charge in [0.15, 0.2) is 6.04 Å². The molecule has 0 aliphatic heterocycles. The van der Waals surface area contributed by atoms with Gasteiger partial charge in [-0.2, -0.15) is 0 Å². The Balaban J connectivity index is 2.91. The summed E-state index contributed by atoms with van der Waals surface area (Å²) in [6.07, 6.45) is 3.10. The minimum atomic E-state index is -0.791. The zero-order chi connectivity index (χ0) is 11.3. The quantitative estimate of drug-likeness (QED) is 0.731. The molecule has 1 aromatic rings. The Bertz CT molecular complexity index is 351. The van der Waals surface area contributed by atoms with Gasteiger partial charge in [0.05, 0.1) is 7.11 Å². The van der Waals surface area contributed by atoms with Gasteiger partial charge in [0, 0.05) is 24.9 Å². The van der Waals surface area contributed by atoms with Gasteiger partial charge in [-0.15, -0.1) is 0 Å². The number of ether oxygens (including phenoxy) is 1. The number of nitrogens with zero attached hydrogens (tertiary/aromatic N) is 1. The van der Waals surface area contributed by atoms with Crippen molar-refractivity contribution in [2.24, 2.45) is 0 Å². The van der Waals surface area contributed by atoms with E-state index >= 15 is 0 Å². The Labute approximate surface area is 87.5 Å². The van der Waals surface area contributed by atoms with E-state index in [1.807, 2.05) is 0 Å². The number of nitrogens with one attached hydrogen (secondary N) is 1. The van der Waals surface area contributed by atoms with Gasteiger partial charge in [-0.1, -0.05) is 6.07 Å². The van der Waals surface area contributed by atoms with Crippen molar-refractivity contribution < 1.29 is 14.3 Å². The average molecular weight is 208 g/mol. The first-order chi connectivity index (χ1) is 7.15. The molecule has 1 N–H and O–H groups in total. The van der Waals surface area contributed by atoms with Gasteiger partial charge in [-0.25, -0.2) is 4.79 Å². The number of pyridine rings is 1. The molecule has 1 unspecified atom stereocenters. The summed E-state index contributed by atoms with van der Waals surface area (Å²) in [7, 11) is 1.27. The maximum atomic E-state index is 11.4. The molecule has 0 spiro atoms. The minimum Gasteiger partial charge on any atom is -0.467 e. The number of methoxy groups -OCH3 is 1. The third-order valence-electron chi connectivity index (χ3n) is 1.80. The predicted molar refractivity (Wildman–Crippen MR) is 52.8 cm³/mol. The van der Waals surface area contributed by atoms with E-state index in [2.05, 4.69) is 15.0 Å². The van der Waals surface area contributed by atoms with E-state index in [-0.39, 0.29) is 5.91 Å². The lowest BCUT2D eigenvalue weighted by atomic mass is 10.1. The highest BCUT2D eigenvalue weighted by atomic mass is 16.5. The van der Waals surface area contributed by atoms with Crippen LogP contribution in [0, 0.1) is 0 Å². The summed E-state index contributed by atoms with van der Waals surface area (Å²) < 4.78 is 4.59. The number of hydrogen-bond donors (Lipinski definition) is 1. The molecule has 5 heteroatoms. The van der Waals surface area contributed by atoms with E-state index in [9.17, 15) is 9.59 Å². The third-order valence-corrected chi connectivity index (χ3v) is 1.80. The normalized spacial score (nSPS) is 11.6. The van der Waals surface area contributed by atoms with Crippen molar-refractivity contribution in [2.45, 2.75) is 13.0 Å². The fourth-order valence-corrected chi connectivity index (χ4v) is 1.15. The summed E-state index contributed by atoms with van der Waals surface area (Å²) in [5.41, 5.74) is 0.597. The Morgan fingerprint density at radius 2 is 2.27 bits per heavy atom. The molecule has 5 nitrogen and oxygen atoms in total. The Morgan fingerprint density at radius 1 is 1.53 bits per heavy atom. The summed E-state index contributed by atoms with van der Waals surface area (Å²) in [6.45, 7) is 1.34. The van der Waals surface area contributed by atoms with Crippen LogP contribution in [0.25, 0.3) is 0 Å².